The number of benzene rings is 10. The van der Waals surface area contributed by atoms with E-state index in [4.69, 9.17) is 43.6 Å². The molecule has 0 aliphatic rings. The normalized spacial score (nSPS) is 11.7. The Morgan fingerprint density at radius 1 is 0.392 bits per heavy atom. The van der Waals surface area contributed by atoms with Gasteiger partial charge in [-0.1, -0.05) is 142 Å². The van der Waals surface area contributed by atoms with Gasteiger partial charge >= 0.3 is 24.8 Å². The molecule has 355 valence electrons. The SMILES string of the molecule is Brc1ccc2c(c1)c1cc3c(cc1n2-c1ccc2oc4ccccc4c2c1)sc1ccccc13.ClC(Cl)Cl.[B]=NS.c1ccc2c(c1)oc1ccc(-n3c4ccccc4c4cc5c(cc43)sc3ccccc35)cc12. The molecular formula is C61H35BBrCl3N3O2S3. The van der Waals surface area contributed by atoms with Gasteiger partial charge in [0.2, 0.25) is 0 Å². The van der Waals surface area contributed by atoms with Gasteiger partial charge in [-0.3, -0.25) is 0 Å². The number of halogens is 4. The number of aromatic nitrogens is 2. The monoisotopic (exact) mass is 1130 g/mol. The Bertz CT molecular complexity index is 4880. The molecule has 6 heterocycles. The van der Waals surface area contributed by atoms with Gasteiger partial charge in [0.15, 0.2) is 4.30 Å². The molecule has 0 aliphatic heterocycles. The van der Waals surface area contributed by atoms with Gasteiger partial charge < -0.3 is 18.0 Å². The van der Waals surface area contributed by atoms with Crippen molar-refractivity contribution >= 4 is 222 Å². The van der Waals surface area contributed by atoms with Crippen LogP contribution in [0.25, 0.3) is 139 Å². The fourth-order valence-electron chi connectivity index (χ4n) is 10.7. The van der Waals surface area contributed by atoms with E-state index in [2.05, 4.69) is 226 Å². The Morgan fingerprint density at radius 2 is 0.784 bits per heavy atom. The van der Waals surface area contributed by atoms with E-state index in [0.29, 0.717) is 0 Å². The molecular weight excluding hydrogens is 1100 g/mol. The van der Waals surface area contributed by atoms with Gasteiger partial charge in [-0.05, 0) is 109 Å². The number of furan rings is 2. The first kappa shape index (κ1) is 47.1. The van der Waals surface area contributed by atoms with Gasteiger partial charge in [-0.2, -0.15) is 0 Å². The summed E-state index contributed by atoms with van der Waals surface area (Å²) in [4.78, 5) is 0. The van der Waals surface area contributed by atoms with E-state index in [1.165, 1.54) is 84.0 Å². The summed E-state index contributed by atoms with van der Waals surface area (Å²) in [5, 5.41) is 15.0. The Labute approximate surface area is 460 Å². The number of thiol groups is 1. The van der Waals surface area contributed by atoms with Gasteiger partial charge in [0, 0.05) is 99.3 Å². The smallest absolute Gasteiger partial charge is 0.135 e. The summed E-state index contributed by atoms with van der Waals surface area (Å²) in [6, 6.07) is 71.8. The second-order valence-corrected chi connectivity index (χ2v) is 23.0. The molecule has 13 heteroatoms. The minimum absolute atomic E-state index is 0.750. The molecule has 0 unspecified atom stereocenters. The van der Waals surface area contributed by atoms with Crippen LogP contribution in [0.15, 0.2) is 218 Å². The summed E-state index contributed by atoms with van der Waals surface area (Å²) in [6.07, 6.45) is 0. The standard InChI is InChI=1S/C30H16BrNOS.C30H17NOS.CHCl3.BHNS/c31-17-9-11-25-21(13-17)22-15-24-20-6-2-4-8-29(20)34-30(24)16-26(22)32(25)18-10-12-28-23(14-18)19-5-1-3-7-27(19)33-28;1-4-10-25-19(7-1)22-16-24-21-9-3-6-12-29(21)33-30(24)17-26(22)31(25)18-13-14-28-23(15-18)20-8-2-5-11-27(20)32-28;2-1(3)4;1-2-3/h1-16H;1-17H;1H;3H. The summed E-state index contributed by atoms with van der Waals surface area (Å²) in [7, 11) is 4.34. The summed E-state index contributed by atoms with van der Waals surface area (Å²) in [6.45, 7) is 0. The van der Waals surface area contributed by atoms with Gasteiger partial charge in [0.05, 0.1) is 22.1 Å². The molecule has 0 aliphatic carbocycles. The van der Waals surface area contributed by atoms with E-state index >= 15 is 0 Å². The molecule has 0 saturated carbocycles. The Morgan fingerprint density at radius 3 is 1.30 bits per heavy atom. The zero-order valence-electron chi connectivity index (χ0n) is 38.6. The maximum absolute atomic E-state index is 6.09. The van der Waals surface area contributed by atoms with Crippen LogP contribution in [0, 0.1) is 0 Å². The topological polar surface area (TPSA) is 48.5 Å². The molecule has 0 spiro atoms. The van der Waals surface area contributed by atoms with Crippen molar-refractivity contribution in [3.8, 4) is 11.4 Å². The summed E-state index contributed by atoms with van der Waals surface area (Å²) >= 11 is 25.0. The number of hydrogen-bond acceptors (Lipinski definition) is 6. The molecule has 0 fully saturated rings. The van der Waals surface area contributed by atoms with Crippen LogP contribution < -0.4 is 0 Å². The van der Waals surface area contributed by atoms with E-state index in [1.807, 2.05) is 46.9 Å². The van der Waals surface area contributed by atoms with Crippen molar-refractivity contribution in [2.24, 2.45) is 4.30 Å². The average molecular weight is 1140 g/mol. The van der Waals surface area contributed by atoms with Crippen LogP contribution in [0.2, 0.25) is 0 Å². The van der Waals surface area contributed by atoms with Gasteiger partial charge in [-0.25, -0.2) is 0 Å². The third-order valence-corrected chi connectivity index (χ3v) is 16.4. The van der Waals surface area contributed by atoms with Crippen LogP contribution in [0.3, 0.4) is 0 Å². The van der Waals surface area contributed by atoms with Crippen molar-refractivity contribution in [1.82, 2.24) is 9.13 Å². The van der Waals surface area contributed by atoms with E-state index in [9.17, 15) is 0 Å². The molecule has 16 rings (SSSR count). The number of alkyl halides is 3. The molecule has 0 bridgehead atoms. The third-order valence-electron chi connectivity index (χ3n) is 13.6. The quantitative estimate of drug-likeness (QED) is 0.107. The summed E-state index contributed by atoms with van der Waals surface area (Å²) in [5.74, 6) is 0. The average Bonchev–Trinajstić information content (AvgIpc) is 4.29. The maximum Gasteiger partial charge on any atom is 0.135 e. The minimum Gasteiger partial charge on any atom is -0.456 e. The number of fused-ring (bicyclic) bond motifs is 18. The molecule has 0 atom stereocenters. The van der Waals surface area contributed by atoms with Gasteiger partial charge in [-0.15, -0.1) is 22.7 Å². The van der Waals surface area contributed by atoms with Crippen LogP contribution in [0.5, 0.6) is 0 Å². The van der Waals surface area contributed by atoms with Crippen molar-refractivity contribution in [2.45, 2.75) is 4.30 Å². The van der Waals surface area contributed by atoms with Crippen LogP contribution in [0.1, 0.15) is 0 Å². The van der Waals surface area contributed by atoms with E-state index in [1.54, 1.807) is 0 Å². The molecule has 10 aromatic carbocycles. The van der Waals surface area contributed by atoms with Crippen LogP contribution >= 0.6 is 86.2 Å². The fourth-order valence-corrected chi connectivity index (χ4v) is 13.3. The third kappa shape index (κ3) is 8.07. The molecule has 16 aromatic rings. The van der Waals surface area contributed by atoms with Crippen molar-refractivity contribution in [3.05, 3.63) is 205 Å². The minimum atomic E-state index is -0.750. The summed E-state index contributed by atoms with van der Waals surface area (Å²) < 4.78 is 25.3. The van der Waals surface area contributed by atoms with Crippen molar-refractivity contribution in [3.63, 3.8) is 0 Å². The Kier molecular flexibility index (Phi) is 12.3. The van der Waals surface area contributed by atoms with Crippen molar-refractivity contribution in [2.75, 3.05) is 0 Å². The molecule has 1 radical (unpaired) electrons. The largest absolute Gasteiger partial charge is 0.456 e. The molecule has 74 heavy (non-hydrogen) atoms. The number of nitrogens with zero attached hydrogens (tertiary/aromatic N) is 3. The van der Waals surface area contributed by atoms with E-state index < -0.39 is 4.30 Å². The van der Waals surface area contributed by atoms with E-state index in [-0.39, 0.29) is 0 Å². The van der Waals surface area contributed by atoms with E-state index in [0.717, 1.165) is 59.7 Å². The van der Waals surface area contributed by atoms with Gasteiger partial charge in [0.1, 0.15) is 22.3 Å². The van der Waals surface area contributed by atoms with Crippen LogP contribution in [-0.2, 0) is 0 Å². The summed E-state index contributed by atoms with van der Waals surface area (Å²) in [5.41, 5.74) is 10.9. The maximum atomic E-state index is 6.09. The predicted octanol–water partition coefficient (Wildman–Crippen LogP) is 21.0. The second kappa shape index (κ2) is 19.3. The first-order valence-electron chi connectivity index (χ1n) is 23.4. The van der Waals surface area contributed by atoms with Crippen molar-refractivity contribution in [1.29, 1.82) is 0 Å². The molecule has 0 amide bonds. The number of para-hydroxylation sites is 3. The zero-order valence-corrected chi connectivity index (χ0v) is 45.0. The Balaban J connectivity index is 0.000000127. The molecule has 0 N–H and O–H groups in total. The van der Waals surface area contributed by atoms with Crippen LogP contribution in [0.4, 0.5) is 0 Å². The first-order valence-corrected chi connectivity index (χ1v) is 27.6. The Hall–Kier alpha value is -6.60. The molecule has 5 nitrogen and oxygen atoms in total. The van der Waals surface area contributed by atoms with Crippen LogP contribution in [-0.4, -0.2) is 21.1 Å². The predicted molar refractivity (Wildman–Crippen MR) is 328 cm³/mol. The number of rotatable bonds is 2. The molecule has 6 aromatic heterocycles. The van der Waals surface area contributed by atoms with Gasteiger partial charge in [0.25, 0.3) is 0 Å². The fraction of sp³-hybridized carbons (Fsp3) is 0.0164. The first-order chi connectivity index (χ1) is 36.2. The number of hydrogen-bond donors (Lipinski definition) is 1. The second-order valence-electron chi connectivity index (χ2n) is 17.7. The molecule has 0 saturated heterocycles. The van der Waals surface area contributed by atoms with Crippen molar-refractivity contribution < 1.29 is 8.83 Å². The number of thiophene rings is 2. The zero-order chi connectivity index (χ0) is 50.2.